The highest BCUT2D eigenvalue weighted by molar-refractivity contribution is 5.83. The summed E-state index contributed by atoms with van der Waals surface area (Å²) in [4.78, 5) is 9.50. The first kappa shape index (κ1) is 14.6. The molecule has 1 aromatic heterocycles. The fraction of sp³-hybridized carbons (Fsp3) is 0.273. The van der Waals surface area contributed by atoms with E-state index < -0.39 is 0 Å². The summed E-state index contributed by atoms with van der Waals surface area (Å²) in [7, 11) is 0. The molecular weight excluding hydrogens is 306 g/mol. The number of anilines is 1. The van der Waals surface area contributed by atoms with E-state index in [1.807, 2.05) is 19.9 Å². The third-order valence-electron chi connectivity index (χ3n) is 5.71. The minimum Gasteiger partial charge on any atom is -0.398 e. The third-order valence-corrected chi connectivity index (χ3v) is 5.71. The van der Waals surface area contributed by atoms with Crippen LogP contribution in [0.3, 0.4) is 0 Å². The maximum absolute atomic E-state index is 6.70. The zero-order valence-corrected chi connectivity index (χ0v) is 14.6. The number of nitrogens with two attached hydrogens (primary N) is 1. The first-order valence-electron chi connectivity index (χ1n) is 8.91. The Hall–Kier alpha value is -2.68. The van der Waals surface area contributed by atoms with Gasteiger partial charge in [0.05, 0.1) is 5.41 Å². The van der Waals surface area contributed by atoms with Crippen molar-refractivity contribution in [1.29, 1.82) is 0 Å². The molecule has 0 saturated heterocycles. The number of benzene rings is 2. The van der Waals surface area contributed by atoms with Gasteiger partial charge in [0, 0.05) is 23.5 Å². The van der Waals surface area contributed by atoms with E-state index in [-0.39, 0.29) is 5.41 Å². The highest BCUT2D eigenvalue weighted by Gasteiger charge is 2.50. The monoisotopic (exact) mass is 327 g/mol. The van der Waals surface area contributed by atoms with E-state index in [0.717, 1.165) is 42.2 Å². The van der Waals surface area contributed by atoms with E-state index in [0.29, 0.717) is 0 Å². The SMILES string of the molecule is Cc1cc(C)nc(C2(c3ccc4c(c3N)Cc3ccccc3-4)CC2)n1. The van der Waals surface area contributed by atoms with Gasteiger partial charge in [0.1, 0.15) is 5.82 Å². The number of nitrogens with zero attached hydrogens (tertiary/aromatic N) is 2. The van der Waals surface area contributed by atoms with Gasteiger partial charge < -0.3 is 5.73 Å². The Morgan fingerprint density at radius 3 is 2.36 bits per heavy atom. The van der Waals surface area contributed by atoms with Gasteiger partial charge in [-0.2, -0.15) is 0 Å². The second-order valence-electron chi connectivity index (χ2n) is 7.44. The van der Waals surface area contributed by atoms with Crippen LogP contribution in [0.15, 0.2) is 42.5 Å². The van der Waals surface area contributed by atoms with Crippen LogP contribution < -0.4 is 5.73 Å². The number of hydrogen-bond donors (Lipinski definition) is 1. The number of fused-ring (bicyclic) bond motifs is 3. The summed E-state index contributed by atoms with van der Waals surface area (Å²) in [5.74, 6) is 0.937. The Kier molecular flexibility index (Phi) is 2.88. The lowest BCUT2D eigenvalue weighted by Crippen LogP contribution is -2.17. The van der Waals surface area contributed by atoms with Crippen LogP contribution in [0, 0.1) is 13.8 Å². The Bertz CT molecular complexity index is 996. The molecule has 2 aromatic carbocycles. The number of rotatable bonds is 2. The maximum atomic E-state index is 6.70. The van der Waals surface area contributed by atoms with E-state index in [9.17, 15) is 0 Å². The predicted octanol–water partition coefficient (Wildman–Crippen LogP) is 4.33. The molecule has 0 radical (unpaired) electrons. The fourth-order valence-corrected chi connectivity index (χ4v) is 4.33. The quantitative estimate of drug-likeness (QED) is 0.558. The Morgan fingerprint density at radius 1 is 0.920 bits per heavy atom. The lowest BCUT2D eigenvalue weighted by molar-refractivity contribution is 0.741. The zero-order valence-electron chi connectivity index (χ0n) is 14.6. The van der Waals surface area contributed by atoms with Crippen LogP contribution in [-0.2, 0) is 11.8 Å². The van der Waals surface area contributed by atoms with Crippen molar-refractivity contribution in [2.45, 2.75) is 38.5 Å². The molecule has 25 heavy (non-hydrogen) atoms. The van der Waals surface area contributed by atoms with Crippen molar-refractivity contribution in [2.75, 3.05) is 5.73 Å². The molecule has 1 saturated carbocycles. The van der Waals surface area contributed by atoms with Crippen molar-refractivity contribution >= 4 is 5.69 Å². The summed E-state index contributed by atoms with van der Waals surface area (Å²) < 4.78 is 0. The summed E-state index contributed by atoms with van der Waals surface area (Å²) >= 11 is 0. The van der Waals surface area contributed by atoms with Gasteiger partial charge in [0.2, 0.25) is 0 Å². The average molecular weight is 327 g/mol. The summed E-state index contributed by atoms with van der Waals surface area (Å²) in [5.41, 5.74) is 16.1. The molecule has 0 atom stereocenters. The molecule has 3 aromatic rings. The molecule has 2 aliphatic rings. The Labute approximate surface area is 148 Å². The first-order chi connectivity index (χ1) is 12.1. The molecular formula is C22H21N3. The number of hydrogen-bond acceptors (Lipinski definition) is 3. The molecule has 1 heterocycles. The molecule has 1 fully saturated rings. The Balaban J connectivity index is 1.66. The predicted molar refractivity (Wildman–Crippen MR) is 101 cm³/mol. The number of aryl methyl sites for hydroxylation is 2. The third kappa shape index (κ3) is 2.05. The van der Waals surface area contributed by atoms with Crippen LogP contribution >= 0.6 is 0 Å². The van der Waals surface area contributed by atoms with Crippen molar-refractivity contribution < 1.29 is 0 Å². The second-order valence-corrected chi connectivity index (χ2v) is 7.44. The minimum atomic E-state index is -0.0926. The summed E-state index contributed by atoms with van der Waals surface area (Å²) in [6, 6.07) is 15.1. The van der Waals surface area contributed by atoms with Crippen LogP contribution in [0.2, 0.25) is 0 Å². The molecule has 3 nitrogen and oxygen atoms in total. The van der Waals surface area contributed by atoms with E-state index in [2.05, 4.69) is 36.4 Å². The highest BCUT2D eigenvalue weighted by Crippen LogP contribution is 2.56. The van der Waals surface area contributed by atoms with Gasteiger partial charge in [0.15, 0.2) is 0 Å². The van der Waals surface area contributed by atoms with Crippen LogP contribution in [0.4, 0.5) is 5.69 Å². The van der Waals surface area contributed by atoms with E-state index >= 15 is 0 Å². The molecule has 5 rings (SSSR count). The number of nitrogen functional groups attached to an aromatic ring is 1. The highest BCUT2D eigenvalue weighted by atomic mass is 14.9. The topological polar surface area (TPSA) is 51.8 Å². The van der Waals surface area contributed by atoms with Gasteiger partial charge in [-0.05, 0) is 60.6 Å². The first-order valence-corrected chi connectivity index (χ1v) is 8.91. The molecule has 0 bridgehead atoms. The van der Waals surface area contributed by atoms with Gasteiger partial charge in [0.25, 0.3) is 0 Å². The lowest BCUT2D eigenvalue weighted by Gasteiger charge is -2.20. The van der Waals surface area contributed by atoms with Gasteiger partial charge >= 0.3 is 0 Å². The van der Waals surface area contributed by atoms with Crippen molar-refractivity contribution in [3.63, 3.8) is 0 Å². The van der Waals surface area contributed by atoms with Gasteiger partial charge in [-0.3, -0.25) is 0 Å². The smallest absolute Gasteiger partial charge is 0.139 e. The maximum Gasteiger partial charge on any atom is 0.139 e. The molecule has 0 spiro atoms. The molecule has 124 valence electrons. The summed E-state index contributed by atoms with van der Waals surface area (Å²) in [6.45, 7) is 4.08. The second kappa shape index (κ2) is 4.92. The minimum absolute atomic E-state index is 0.0926. The Morgan fingerprint density at radius 2 is 1.64 bits per heavy atom. The van der Waals surface area contributed by atoms with Crippen LogP contribution in [-0.4, -0.2) is 9.97 Å². The van der Waals surface area contributed by atoms with E-state index in [4.69, 9.17) is 15.7 Å². The summed E-state index contributed by atoms with van der Waals surface area (Å²) in [5, 5.41) is 0. The zero-order chi connectivity index (χ0) is 17.2. The van der Waals surface area contributed by atoms with Crippen LogP contribution in [0.5, 0.6) is 0 Å². The molecule has 0 amide bonds. The number of aromatic nitrogens is 2. The van der Waals surface area contributed by atoms with E-state index in [1.54, 1.807) is 0 Å². The summed E-state index contributed by atoms with van der Waals surface area (Å²) in [6.07, 6.45) is 3.08. The lowest BCUT2D eigenvalue weighted by atomic mass is 9.89. The molecule has 3 heteroatoms. The van der Waals surface area contributed by atoms with Crippen LogP contribution in [0.1, 0.15) is 46.7 Å². The van der Waals surface area contributed by atoms with Crippen LogP contribution in [0.25, 0.3) is 11.1 Å². The van der Waals surface area contributed by atoms with Crippen molar-refractivity contribution in [2.24, 2.45) is 0 Å². The molecule has 0 aliphatic heterocycles. The fourth-order valence-electron chi connectivity index (χ4n) is 4.33. The van der Waals surface area contributed by atoms with Gasteiger partial charge in [-0.15, -0.1) is 0 Å². The van der Waals surface area contributed by atoms with E-state index in [1.165, 1.54) is 27.8 Å². The molecule has 2 N–H and O–H groups in total. The van der Waals surface area contributed by atoms with Gasteiger partial charge in [-0.1, -0.05) is 36.4 Å². The molecule has 0 unspecified atom stereocenters. The standard InChI is InChI=1S/C22H21N3/c1-13-11-14(2)25-21(24-13)22(9-10-22)19-8-7-17-16-6-4-3-5-15(16)12-18(17)20(19)23/h3-8,11H,9-10,12,23H2,1-2H3. The van der Waals surface area contributed by atoms with Crippen molar-refractivity contribution in [3.05, 3.63) is 76.4 Å². The largest absolute Gasteiger partial charge is 0.398 e. The van der Waals surface area contributed by atoms with Crippen molar-refractivity contribution in [1.82, 2.24) is 9.97 Å². The van der Waals surface area contributed by atoms with Crippen molar-refractivity contribution in [3.8, 4) is 11.1 Å². The molecule has 2 aliphatic carbocycles. The van der Waals surface area contributed by atoms with Gasteiger partial charge in [-0.25, -0.2) is 9.97 Å². The average Bonchev–Trinajstić information content (AvgIpc) is 3.30. The normalized spacial score (nSPS) is 16.4.